The molecule has 1 aliphatic rings. The molecule has 0 atom stereocenters. The number of anilines is 1. The predicted octanol–water partition coefficient (Wildman–Crippen LogP) is 6.10. The highest BCUT2D eigenvalue weighted by Crippen LogP contribution is 2.42. The van der Waals surface area contributed by atoms with Gasteiger partial charge in [0, 0.05) is 29.6 Å². The van der Waals surface area contributed by atoms with Gasteiger partial charge in [0.2, 0.25) is 5.91 Å². The van der Waals surface area contributed by atoms with E-state index in [0.29, 0.717) is 28.6 Å². The Morgan fingerprint density at radius 1 is 1.11 bits per heavy atom. The lowest BCUT2D eigenvalue weighted by Gasteiger charge is -2.36. The van der Waals surface area contributed by atoms with Crippen LogP contribution in [-0.4, -0.2) is 26.8 Å². The van der Waals surface area contributed by atoms with Crippen LogP contribution >= 0.6 is 0 Å². The predicted molar refractivity (Wildman–Crippen MR) is 139 cm³/mol. The number of halogens is 1. The number of benzene rings is 3. The van der Waals surface area contributed by atoms with Gasteiger partial charge in [0.05, 0.1) is 11.6 Å². The van der Waals surface area contributed by atoms with E-state index in [1.165, 1.54) is 6.08 Å². The molecule has 0 unspecified atom stereocenters. The van der Waals surface area contributed by atoms with Crippen LogP contribution in [0.2, 0.25) is 0 Å². The molecule has 3 aromatic carbocycles. The Kier molecular flexibility index (Phi) is 6.31. The van der Waals surface area contributed by atoms with Gasteiger partial charge in [-0.15, -0.1) is 0 Å². The van der Waals surface area contributed by atoms with Crippen LogP contribution < -0.4 is 5.32 Å². The summed E-state index contributed by atoms with van der Waals surface area (Å²) in [7, 11) is 1.73. The molecule has 36 heavy (non-hydrogen) atoms. The summed E-state index contributed by atoms with van der Waals surface area (Å²) in [4.78, 5) is 24.6. The Hall–Kier alpha value is -4.00. The number of rotatable bonds is 6. The Labute approximate surface area is 208 Å². The van der Waals surface area contributed by atoms with Crippen molar-refractivity contribution in [2.45, 2.75) is 38.5 Å². The van der Waals surface area contributed by atoms with Crippen LogP contribution in [0.4, 0.5) is 10.1 Å². The minimum atomic E-state index is -1.03. The Bertz CT molecular complexity index is 1500. The van der Waals surface area contributed by atoms with Gasteiger partial charge in [-0.25, -0.2) is 9.18 Å². The number of amides is 1. The Morgan fingerprint density at radius 2 is 1.89 bits per heavy atom. The number of hydrogen-bond donors (Lipinski definition) is 2. The van der Waals surface area contributed by atoms with E-state index in [9.17, 15) is 9.59 Å². The number of aryl methyl sites for hydroxylation is 1. The summed E-state index contributed by atoms with van der Waals surface area (Å²) in [6.45, 7) is 0. The van der Waals surface area contributed by atoms with E-state index < -0.39 is 11.4 Å². The van der Waals surface area contributed by atoms with E-state index >= 15 is 4.39 Å². The van der Waals surface area contributed by atoms with Gasteiger partial charge in [-0.3, -0.25) is 9.48 Å². The number of carbonyl (C=O) groups is 2. The first-order valence-electron chi connectivity index (χ1n) is 12.2. The highest BCUT2D eigenvalue weighted by molar-refractivity contribution is 6.00. The van der Waals surface area contributed by atoms with Gasteiger partial charge in [-0.05, 0) is 60.1 Å². The molecule has 184 valence electrons. The summed E-state index contributed by atoms with van der Waals surface area (Å²) in [5.74, 6) is -1.42. The zero-order chi connectivity index (χ0) is 25.3. The number of carboxylic acids is 1. The fourth-order valence-electron chi connectivity index (χ4n) is 5.50. The monoisotopic (exact) mass is 485 g/mol. The van der Waals surface area contributed by atoms with Crippen LogP contribution in [0.15, 0.2) is 60.8 Å². The minimum Gasteiger partial charge on any atom is -0.478 e. The number of aromatic nitrogens is 2. The standard InChI is InChI=1S/C29H28FN3O3/c1-33-27-22(18-31-33)16-20-8-6-9-21(25(20)26(27)30)17-29(13-3-2-4-14-29)28(36)32-23-10-5-7-19(15-23)11-12-24(34)35/h5-12,15-16,18H,2-4,13-14,17H2,1H3,(H,32,36)(H,34,35)/b12-11+. The number of fused-ring (bicyclic) bond motifs is 2. The molecule has 4 aromatic rings. The van der Waals surface area contributed by atoms with E-state index in [1.54, 1.807) is 42.2 Å². The van der Waals surface area contributed by atoms with Gasteiger partial charge >= 0.3 is 5.97 Å². The SMILES string of the molecule is Cn1ncc2cc3cccc(CC4(C(=O)Nc5cccc(/C=C/C(=O)O)c5)CCCCC4)c3c(F)c21. The molecule has 6 nitrogen and oxygen atoms in total. The molecule has 0 bridgehead atoms. The number of nitrogens with zero attached hydrogens (tertiary/aromatic N) is 2. The maximum atomic E-state index is 15.8. The van der Waals surface area contributed by atoms with Crippen molar-refractivity contribution in [1.82, 2.24) is 9.78 Å². The molecule has 2 N–H and O–H groups in total. The molecule has 1 amide bonds. The number of carbonyl (C=O) groups excluding carboxylic acids is 1. The van der Waals surface area contributed by atoms with Crippen LogP contribution in [0.1, 0.15) is 43.2 Å². The first-order valence-corrected chi connectivity index (χ1v) is 12.2. The van der Waals surface area contributed by atoms with Crippen molar-refractivity contribution < 1.29 is 19.1 Å². The molecule has 7 heteroatoms. The highest BCUT2D eigenvalue weighted by Gasteiger charge is 2.40. The second-order valence-corrected chi connectivity index (χ2v) is 9.68. The summed E-state index contributed by atoms with van der Waals surface area (Å²) in [6, 6.07) is 14.8. The van der Waals surface area contributed by atoms with Crippen LogP contribution in [-0.2, 0) is 23.1 Å². The Morgan fingerprint density at radius 3 is 2.67 bits per heavy atom. The van der Waals surface area contributed by atoms with E-state index in [-0.39, 0.29) is 11.7 Å². The van der Waals surface area contributed by atoms with E-state index in [0.717, 1.165) is 54.5 Å². The normalized spacial score (nSPS) is 15.5. The van der Waals surface area contributed by atoms with E-state index in [2.05, 4.69) is 10.4 Å². The Balaban J connectivity index is 1.51. The molecule has 1 saturated carbocycles. The van der Waals surface area contributed by atoms with Crippen molar-refractivity contribution in [2.24, 2.45) is 12.5 Å². The lowest BCUT2D eigenvalue weighted by Crippen LogP contribution is -2.40. The molecule has 0 aliphatic heterocycles. The first-order chi connectivity index (χ1) is 17.4. The van der Waals surface area contributed by atoms with Crippen molar-refractivity contribution in [3.8, 4) is 0 Å². The second kappa shape index (κ2) is 9.57. The van der Waals surface area contributed by atoms with Gasteiger partial charge in [-0.1, -0.05) is 49.6 Å². The van der Waals surface area contributed by atoms with E-state index in [1.807, 2.05) is 24.3 Å². The number of carboxylic acid groups (broad SMARTS) is 1. The quantitative estimate of drug-likeness (QED) is 0.324. The van der Waals surface area contributed by atoms with Crippen molar-refractivity contribution in [2.75, 3.05) is 5.32 Å². The van der Waals surface area contributed by atoms with Crippen molar-refractivity contribution >= 4 is 45.3 Å². The third kappa shape index (κ3) is 4.49. The van der Waals surface area contributed by atoms with Gasteiger partial charge < -0.3 is 10.4 Å². The zero-order valence-electron chi connectivity index (χ0n) is 20.1. The summed E-state index contributed by atoms with van der Waals surface area (Å²) in [5.41, 5.74) is 1.92. The number of aliphatic carboxylic acids is 1. The molecule has 5 rings (SSSR count). The van der Waals surface area contributed by atoms with Gasteiger partial charge in [-0.2, -0.15) is 5.10 Å². The van der Waals surface area contributed by atoms with Gasteiger partial charge in [0.15, 0.2) is 5.82 Å². The van der Waals surface area contributed by atoms with Gasteiger partial charge in [0.25, 0.3) is 0 Å². The zero-order valence-corrected chi connectivity index (χ0v) is 20.1. The smallest absolute Gasteiger partial charge is 0.328 e. The fraction of sp³-hybridized carbons (Fsp3) is 0.276. The van der Waals surface area contributed by atoms with Crippen LogP contribution in [0.25, 0.3) is 27.8 Å². The summed E-state index contributed by atoms with van der Waals surface area (Å²) < 4.78 is 17.4. The van der Waals surface area contributed by atoms with Crippen molar-refractivity contribution in [3.63, 3.8) is 0 Å². The van der Waals surface area contributed by atoms with Crippen LogP contribution in [0.3, 0.4) is 0 Å². The maximum absolute atomic E-state index is 15.8. The fourth-order valence-corrected chi connectivity index (χ4v) is 5.50. The topological polar surface area (TPSA) is 84.2 Å². The third-order valence-corrected chi connectivity index (χ3v) is 7.27. The van der Waals surface area contributed by atoms with Crippen molar-refractivity contribution in [3.05, 3.63) is 77.7 Å². The molecule has 1 aromatic heterocycles. The molecule has 0 saturated heterocycles. The van der Waals surface area contributed by atoms with Gasteiger partial charge in [0.1, 0.15) is 5.52 Å². The lowest BCUT2D eigenvalue weighted by molar-refractivity contribution is -0.131. The molecule has 1 fully saturated rings. The summed E-state index contributed by atoms with van der Waals surface area (Å²) in [6.07, 6.45) is 9.07. The lowest BCUT2D eigenvalue weighted by atomic mass is 9.69. The molecule has 1 heterocycles. The average molecular weight is 486 g/mol. The number of hydrogen-bond acceptors (Lipinski definition) is 3. The third-order valence-electron chi connectivity index (χ3n) is 7.27. The van der Waals surface area contributed by atoms with Crippen LogP contribution in [0.5, 0.6) is 0 Å². The first kappa shape index (κ1) is 23.7. The molecule has 0 radical (unpaired) electrons. The molecular weight excluding hydrogens is 457 g/mol. The second-order valence-electron chi connectivity index (χ2n) is 9.68. The summed E-state index contributed by atoms with van der Waals surface area (Å²) >= 11 is 0. The summed E-state index contributed by atoms with van der Waals surface area (Å²) in [5, 5.41) is 18.3. The van der Waals surface area contributed by atoms with E-state index in [4.69, 9.17) is 5.11 Å². The number of nitrogens with one attached hydrogen (secondary N) is 1. The average Bonchev–Trinajstić information content (AvgIpc) is 3.24. The van der Waals surface area contributed by atoms with Crippen molar-refractivity contribution in [1.29, 1.82) is 0 Å². The molecule has 0 spiro atoms. The molecule has 1 aliphatic carbocycles. The minimum absolute atomic E-state index is 0.0828. The molecular formula is C29H28FN3O3. The van der Waals surface area contributed by atoms with Crippen LogP contribution in [0, 0.1) is 11.2 Å². The highest BCUT2D eigenvalue weighted by atomic mass is 19.1. The maximum Gasteiger partial charge on any atom is 0.328 e. The largest absolute Gasteiger partial charge is 0.478 e.